The summed E-state index contributed by atoms with van der Waals surface area (Å²) in [7, 11) is 0. The molecule has 0 fully saturated rings. The molecular weight excluding hydrogens is 238 g/mol. The second-order valence-corrected chi connectivity index (χ2v) is 3.51. The van der Waals surface area contributed by atoms with Crippen molar-refractivity contribution >= 4 is 6.09 Å². The molecule has 2 aromatic rings. The number of rotatable bonds is 2. The maximum absolute atomic E-state index is 11.0. The van der Waals surface area contributed by atoms with E-state index >= 15 is 0 Å². The Morgan fingerprint density at radius 1 is 1.06 bits per heavy atom. The van der Waals surface area contributed by atoms with E-state index in [9.17, 15) is 4.79 Å². The first-order valence-corrected chi connectivity index (χ1v) is 5.04. The van der Waals surface area contributed by atoms with E-state index in [2.05, 4.69) is 0 Å². The predicted molar refractivity (Wildman–Crippen MR) is 59.3 cm³/mol. The van der Waals surface area contributed by atoms with Crippen LogP contribution in [0.1, 0.15) is 11.3 Å². The van der Waals surface area contributed by atoms with E-state index in [-0.39, 0.29) is 12.4 Å². The Bertz CT molecular complexity index is 500. The molecule has 0 saturated carbocycles. The number of nitrogens with zero attached hydrogens (tertiary/aromatic N) is 1. The number of halogens is 1. The Hall–Kier alpha value is -1.87. The van der Waals surface area contributed by atoms with Crippen LogP contribution in [0.25, 0.3) is 0 Å². The first kappa shape index (κ1) is 13.2. The van der Waals surface area contributed by atoms with E-state index in [1.165, 1.54) is 4.57 Å². The van der Waals surface area contributed by atoms with Crippen LogP contribution in [0.5, 0.6) is 0 Å². The van der Waals surface area contributed by atoms with Crippen LogP contribution in [0.2, 0.25) is 0 Å². The summed E-state index contributed by atoms with van der Waals surface area (Å²) >= 11 is 0. The predicted octanol–water partition coefficient (Wildman–Crippen LogP) is -0.905. The third-order valence-corrected chi connectivity index (χ3v) is 2.38. The zero-order valence-electron chi connectivity index (χ0n) is 9.08. The van der Waals surface area contributed by atoms with Gasteiger partial charge in [-0.05, 0) is 5.56 Å². The fourth-order valence-corrected chi connectivity index (χ4v) is 1.61. The number of pyridine rings is 1. The monoisotopic (exact) mass is 249 g/mol. The number of hydrogen-bond acceptors (Lipinski definition) is 1. The van der Waals surface area contributed by atoms with E-state index in [1.807, 2.05) is 42.5 Å². The first-order valence-electron chi connectivity index (χ1n) is 5.04. The van der Waals surface area contributed by atoms with Crippen molar-refractivity contribution in [2.24, 2.45) is 0 Å². The van der Waals surface area contributed by atoms with Gasteiger partial charge in [0.25, 0.3) is 0 Å². The largest absolute Gasteiger partial charge is 1.00 e. The molecule has 4 heteroatoms. The van der Waals surface area contributed by atoms with Crippen LogP contribution in [0, 0.1) is 0 Å². The number of hydrogen-bond donors (Lipinski definition) is 1. The lowest BCUT2D eigenvalue weighted by Crippen LogP contribution is -3.00. The third-order valence-electron chi connectivity index (χ3n) is 2.38. The van der Waals surface area contributed by atoms with Crippen LogP contribution in [-0.2, 0) is 6.42 Å². The minimum atomic E-state index is -0.952. The maximum Gasteiger partial charge on any atom is 0.599 e. The molecule has 1 aromatic carbocycles. The molecule has 0 saturated heterocycles. The zero-order valence-corrected chi connectivity index (χ0v) is 9.84. The van der Waals surface area contributed by atoms with Gasteiger partial charge in [0.05, 0.1) is 6.42 Å². The van der Waals surface area contributed by atoms with Crippen molar-refractivity contribution in [2.75, 3.05) is 0 Å². The van der Waals surface area contributed by atoms with E-state index < -0.39 is 6.09 Å². The minimum absolute atomic E-state index is 0. The average Bonchev–Trinajstić information content (AvgIpc) is 2.31. The molecule has 1 aromatic heterocycles. The molecule has 0 aliphatic carbocycles. The number of carbonyl (C=O) groups is 1. The number of benzene rings is 1. The van der Waals surface area contributed by atoms with Crippen molar-refractivity contribution in [3.63, 3.8) is 0 Å². The topological polar surface area (TPSA) is 41.2 Å². The van der Waals surface area contributed by atoms with Crippen LogP contribution in [0.3, 0.4) is 0 Å². The second-order valence-electron chi connectivity index (χ2n) is 3.51. The summed E-state index contributed by atoms with van der Waals surface area (Å²) < 4.78 is 1.24. The van der Waals surface area contributed by atoms with Crippen LogP contribution < -0.4 is 17.0 Å². The second kappa shape index (κ2) is 6.01. The summed E-state index contributed by atoms with van der Waals surface area (Å²) in [5.74, 6) is 0. The highest BCUT2D eigenvalue weighted by atomic mass is 35.5. The molecule has 0 bridgehead atoms. The van der Waals surface area contributed by atoms with Gasteiger partial charge < -0.3 is 17.5 Å². The Morgan fingerprint density at radius 3 is 2.35 bits per heavy atom. The van der Waals surface area contributed by atoms with Gasteiger partial charge in [0, 0.05) is 12.1 Å². The average molecular weight is 250 g/mol. The molecule has 1 N–H and O–H groups in total. The van der Waals surface area contributed by atoms with Gasteiger partial charge >= 0.3 is 6.09 Å². The molecule has 0 aliphatic rings. The van der Waals surface area contributed by atoms with Gasteiger partial charge in [-0.15, -0.1) is 0 Å². The van der Waals surface area contributed by atoms with Crippen molar-refractivity contribution < 1.29 is 26.9 Å². The summed E-state index contributed by atoms with van der Waals surface area (Å²) in [5, 5.41) is 9.01. The number of aromatic nitrogens is 1. The van der Waals surface area contributed by atoms with Gasteiger partial charge in [-0.1, -0.05) is 41.0 Å². The molecule has 0 unspecified atom stereocenters. The lowest BCUT2D eigenvalue weighted by atomic mass is 10.1. The lowest BCUT2D eigenvalue weighted by Gasteiger charge is -1.99. The maximum atomic E-state index is 11.0. The molecule has 0 atom stereocenters. The van der Waals surface area contributed by atoms with E-state index in [1.54, 1.807) is 12.3 Å². The van der Waals surface area contributed by atoms with Crippen molar-refractivity contribution in [3.8, 4) is 0 Å². The molecule has 0 aliphatic heterocycles. The molecule has 3 nitrogen and oxygen atoms in total. The summed E-state index contributed by atoms with van der Waals surface area (Å²) in [5.41, 5.74) is 1.87. The Kier molecular flexibility index (Phi) is 4.67. The van der Waals surface area contributed by atoms with Gasteiger partial charge in [0.1, 0.15) is 0 Å². The van der Waals surface area contributed by atoms with Crippen LogP contribution in [-0.4, -0.2) is 11.2 Å². The molecule has 88 valence electrons. The van der Waals surface area contributed by atoms with E-state index in [0.29, 0.717) is 6.42 Å². The van der Waals surface area contributed by atoms with Gasteiger partial charge in [-0.3, -0.25) is 0 Å². The van der Waals surface area contributed by atoms with Crippen LogP contribution >= 0.6 is 0 Å². The molecular formula is C13H12ClNO2. The molecule has 17 heavy (non-hydrogen) atoms. The summed E-state index contributed by atoms with van der Waals surface area (Å²) in [6.07, 6.45) is 1.22. The summed E-state index contributed by atoms with van der Waals surface area (Å²) in [4.78, 5) is 11.0. The first-order chi connectivity index (χ1) is 7.77. The fraction of sp³-hybridized carbons (Fsp3) is 0.0769. The summed E-state index contributed by atoms with van der Waals surface area (Å²) in [6.45, 7) is 0. The SMILES string of the molecule is O=C(O)[n+]1ccccc1Cc1ccccc1.[Cl-]. The van der Waals surface area contributed by atoms with Crippen molar-refractivity contribution in [1.29, 1.82) is 0 Å². The number of carboxylic acid groups (broad SMARTS) is 1. The van der Waals surface area contributed by atoms with E-state index in [4.69, 9.17) is 5.11 Å². The highest BCUT2D eigenvalue weighted by Gasteiger charge is 2.17. The molecule has 1 heterocycles. The molecule has 0 radical (unpaired) electrons. The van der Waals surface area contributed by atoms with Gasteiger partial charge in [0.15, 0.2) is 11.9 Å². The van der Waals surface area contributed by atoms with Gasteiger partial charge in [-0.2, -0.15) is 4.79 Å². The van der Waals surface area contributed by atoms with Crippen molar-refractivity contribution in [2.45, 2.75) is 6.42 Å². The summed E-state index contributed by atoms with van der Waals surface area (Å²) in [6, 6.07) is 15.2. The molecule has 0 spiro atoms. The van der Waals surface area contributed by atoms with Gasteiger partial charge in [0.2, 0.25) is 0 Å². The third kappa shape index (κ3) is 3.29. The molecule has 0 amide bonds. The highest BCUT2D eigenvalue weighted by Crippen LogP contribution is 2.05. The standard InChI is InChI=1S/C13H11NO2.ClH/c15-13(16)14-9-5-4-8-12(14)10-11-6-2-1-3-7-11;/h1-9H,10H2;1H. The smallest absolute Gasteiger partial charge is 0.599 e. The molecule has 2 rings (SSSR count). The van der Waals surface area contributed by atoms with Crippen LogP contribution in [0.4, 0.5) is 4.79 Å². The quantitative estimate of drug-likeness (QED) is 0.701. The van der Waals surface area contributed by atoms with Gasteiger partial charge in [-0.25, -0.2) is 0 Å². The minimum Gasteiger partial charge on any atom is -1.00 e. The lowest BCUT2D eigenvalue weighted by molar-refractivity contribution is -0.592. The Labute approximate surface area is 106 Å². The normalized spacial score (nSPS) is 9.41. The Balaban J connectivity index is 0.00000144. The zero-order chi connectivity index (χ0) is 11.4. The van der Waals surface area contributed by atoms with Crippen molar-refractivity contribution in [1.82, 2.24) is 0 Å². The highest BCUT2D eigenvalue weighted by molar-refractivity contribution is 5.54. The van der Waals surface area contributed by atoms with Crippen molar-refractivity contribution in [3.05, 3.63) is 66.0 Å². The fourth-order valence-electron chi connectivity index (χ4n) is 1.61. The Morgan fingerprint density at radius 2 is 1.71 bits per heavy atom. The van der Waals surface area contributed by atoms with Crippen LogP contribution in [0.15, 0.2) is 54.7 Å². The van der Waals surface area contributed by atoms with E-state index in [0.717, 1.165) is 11.3 Å².